The van der Waals surface area contributed by atoms with E-state index >= 15 is 0 Å². The Bertz CT molecular complexity index is 1080. The van der Waals surface area contributed by atoms with Crippen LogP contribution >= 0.6 is 0 Å². The molecule has 2 aromatic rings. The Labute approximate surface area is 220 Å². The van der Waals surface area contributed by atoms with Gasteiger partial charge in [-0.2, -0.15) is 13.2 Å². The number of benzene rings is 2. The molecule has 0 aromatic heterocycles. The van der Waals surface area contributed by atoms with Crippen molar-refractivity contribution in [3.63, 3.8) is 0 Å². The number of carbonyl (C=O) groups excluding carboxylic acids is 1. The van der Waals surface area contributed by atoms with E-state index in [1.807, 2.05) is 17.0 Å². The smallest absolute Gasteiger partial charge is 0.382 e. The topological polar surface area (TPSA) is 88.5 Å². The lowest BCUT2D eigenvalue weighted by Gasteiger charge is -2.37. The molecule has 0 spiro atoms. The number of para-hydroxylation sites is 1. The predicted molar refractivity (Wildman–Crippen MR) is 138 cm³/mol. The van der Waals surface area contributed by atoms with E-state index < -0.39 is 22.7 Å². The molecule has 11 heteroatoms. The van der Waals surface area contributed by atoms with E-state index in [0.29, 0.717) is 38.8 Å². The summed E-state index contributed by atoms with van der Waals surface area (Å²) < 4.78 is 45.8. The SMILES string of the molecule is CCc1ccccc1N1CCN(C(=O)COC2CCC(Nc3ccc(N(O)O)c(C(F)(F)F)c3)CC2)CC1. The number of rotatable bonds is 8. The van der Waals surface area contributed by atoms with Crippen LogP contribution in [-0.4, -0.2) is 66.2 Å². The molecule has 0 radical (unpaired) electrons. The van der Waals surface area contributed by atoms with Crippen molar-refractivity contribution in [1.82, 2.24) is 4.90 Å². The van der Waals surface area contributed by atoms with Crippen LogP contribution in [0.5, 0.6) is 0 Å². The molecule has 1 aliphatic heterocycles. The first kappa shape index (κ1) is 28.0. The van der Waals surface area contributed by atoms with Crippen LogP contribution in [0.25, 0.3) is 0 Å². The van der Waals surface area contributed by atoms with Crippen LogP contribution in [0.15, 0.2) is 42.5 Å². The van der Waals surface area contributed by atoms with Gasteiger partial charge in [-0.3, -0.25) is 15.2 Å². The fraction of sp³-hybridized carbons (Fsp3) is 0.519. The van der Waals surface area contributed by atoms with Gasteiger partial charge in [0.25, 0.3) is 0 Å². The molecule has 8 nitrogen and oxygen atoms in total. The lowest BCUT2D eigenvalue weighted by Crippen LogP contribution is -2.50. The van der Waals surface area contributed by atoms with Gasteiger partial charge < -0.3 is 19.9 Å². The fourth-order valence-corrected chi connectivity index (χ4v) is 5.23. The normalized spacial score (nSPS) is 20.4. The van der Waals surface area contributed by atoms with E-state index in [1.54, 1.807) is 0 Å². The Morgan fingerprint density at radius 1 is 1.05 bits per heavy atom. The minimum absolute atomic E-state index is 0.0183. The summed E-state index contributed by atoms with van der Waals surface area (Å²) in [5, 5.41) is 20.8. The second-order valence-electron chi connectivity index (χ2n) is 9.80. The van der Waals surface area contributed by atoms with Crippen molar-refractivity contribution >= 4 is 23.0 Å². The van der Waals surface area contributed by atoms with Crippen LogP contribution < -0.4 is 15.4 Å². The third-order valence-corrected chi connectivity index (χ3v) is 7.35. The van der Waals surface area contributed by atoms with E-state index in [0.717, 1.165) is 31.6 Å². The number of amides is 1. The Morgan fingerprint density at radius 2 is 1.74 bits per heavy atom. The van der Waals surface area contributed by atoms with Crippen molar-refractivity contribution < 1.29 is 33.1 Å². The number of hydrogen-bond acceptors (Lipinski definition) is 7. The zero-order valence-corrected chi connectivity index (χ0v) is 21.5. The number of anilines is 3. The van der Waals surface area contributed by atoms with E-state index in [1.165, 1.54) is 17.3 Å². The molecule has 1 heterocycles. The van der Waals surface area contributed by atoms with Crippen molar-refractivity contribution in [1.29, 1.82) is 0 Å². The van der Waals surface area contributed by atoms with Gasteiger partial charge >= 0.3 is 6.18 Å². The number of nitrogens with zero attached hydrogens (tertiary/aromatic N) is 3. The van der Waals surface area contributed by atoms with Crippen LogP contribution in [0.4, 0.5) is 30.2 Å². The van der Waals surface area contributed by atoms with Crippen molar-refractivity contribution in [3.8, 4) is 0 Å². The summed E-state index contributed by atoms with van der Waals surface area (Å²) in [5.41, 5.74) is 0.914. The molecular weight excluding hydrogens is 501 g/mol. The number of alkyl halides is 3. The molecule has 208 valence electrons. The number of aryl methyl sites for hydroxylation is 1. The molecule has 0 bridgehead atoms. The van der Waals surface area contributed by atoms with Crippen LogP contribution in [0, 0.1) is 0 Å². The Kier molecular flexibility index (Phi) is 9.01. The van der Waals surface area contributed by atoms with Crippen molar-refractivity contribution in [2.45, 2.75) is 57.3 Å². The first-order chi connectivity index (χ1) is 18.2. The Morgan fingerprint density at radius 3 is 2.37 bits per heavy atom. The summed E-state index contributed by atoms with van der Waals surface area (Å²) in [5.74, 6) is -0.0183. The molecule has 4 rings (SSSR count). The summed E-state index contributed by atoms with van der Waals surface area (Å²) >= 11 is 0. The number of halogens is 3. The Hall–Kier alpha value is -3.02. The molecule has 0 atom stereocenters. The molecule has 2 aliphatic rings. The first-order valence-electron chi connectivity index (χ1n) is 13.0. The summed E-state index contributed by atoms with van der Waals surface area (Å²) in [6.07, 6.45) is -1.09. The largest absolute Gasteiger partial charge is 0.418 e. The second kappa shape index (κ2) is 12.2. The molecular formula is C27H35F3N4O4. The molecule has 1 aliphatic carbocycles. The average molecular weight is 537 g/mol. The highest BCUT2D eigenvalue weighted by molar-refractivity contribution is 5.77. The Balaban J connectivity index is 1.20. The number of piperazine rings is 1. The maximum absolute atomic E-state index is 13.3. The molecule has 1 amide bonds. The zero-order chi connectivity index (χ0) is 27.3. The lowest BCUT2D eigenvalue weighted by molar-refractivity contribution is -0.139. The quantitative estimate of drug-likeness (QED) is 0.412. The number of ether oxygens (including phenoxy) is 1. The predicted octanol–water partition coefficient (Wildman–Crippen LogP) is 4.94. The third kappa shape index (κ3) is 6.89. The summed E-state index contributed by atoms with van der Waals surface area (Å²) in [6.45, 7) is 5.04. The van der Waals surface area contributed by atoms with Gasteiger partial charge in [-0.25, -0.2) is 0 Å². The van der Waals surface area contributed by atoms with Gasteiger partial charge in [0.05, 0.1) is 11.7 Å². The van der Waals surface area contributed by atoms with Gasteiger partial charge in [-0.1, -0.05) is 25.1 Å². The highest BCUT2D eigenvalue weighted by atomic mass is 19.4. The van der Waals surface area contributed by atoms with E-state index in [4.69, 9.17) is 15.2 Å². The molecule has 1 saturated heterocycles. The number of hydrogen-bond donors (Lipinski definition) is 3. The summed E-state index contributed by atoms with van der Waals surface area (Å²) in [6, 6.07) is 11.6. The molecule has 1 saturated carbocycles. The van der Waals surface area contributed by atoms with Gasteiger partial charge in [-0.15, -0.1) is 5.23 Å². The van der Waals surface area contributed by atoms with E-state index in [9.17, 15) is 18.0 Å². The molecule has 2 fully saturated rings. The van der Waals surface area contributed by atoms with Crippen molar-refractivity contribution in [2.24, 2.45) is 0 Å². The van der Waals surface area contributed by atoms with Crippen LogP contribution in [0.1, 0.15) is 43.7 Å². The van der Waals surface area contributed by atoms with Crippen LogP contribution in [0.3, 0.4) is 0 Å². The fourth-order valence-electron chi connectivity index (χ4n) is 5.23. The molecule has 38 heavy (non-hydrogen) atoms. The summed E-state index contributed by atoms with van der Waals surface area (Å²) in [7, 11) is 0. The number of nitrogens with one attached hydrogen (secondary N) is 1. The van der Waals surface area contributed by atoms with Gasteiger partial charge in [-0.05, 0) is 61.9 Å². The van der Waals surface area contributed by atoms with E-state index in [-0.39, 0.29) is 30.3 Å². The van der Waals surface area contributed by atoms with Gasteiger partial charge in [0.15, 0.2) is 0 Å². The maximum atomic E-state index is 13.3. The minimum Gasteiger partial charge on any atom is -0.382 e. The van der Waals surface area contributed by atoms with Crippen molar-refractivity contribution in [3.05, 3.63) is 53.6 Å². The van der Waals surface area contributed by atoms with Crippen LogP contribution in [0.2, 0.25) is 0 Å². The highest BCUT2D eigenvalue weighted by Crippen LogP contribution is 2.38. The average Bonchev–Trinajstić information content (AvgIpc) is 2.92. The van der Waals surface area contributed by atoms with Crippen LogP contribution in [-0.2, 0) is 22.1 Å². The minimum atomic E-state index is -4.73. The standard InChI is InChI=1S/C27H35F3N4O4/c1-2-19-5-3-4-6-24(19)32-13-15-33(16-14-32)26(35)18-38-22-10-7-20(8-11-22)31-21-9-12-25(34(36)37)23(17-21)27(28,29)30/h3-6,9,12,17,20,22,31,36-37H,2,7-8,10-11,13-16,18H2,1H3. The maximum Gasteiger partial charge on any atom is 0.418 e. The molecule has 3 N–H and O–H groups in total. The van der Waals surface area contributed by atoms with Gasteiger partial charge in [0.1, 0.15) is 12.3 Å². The third-order valence-electron chi connectivity index (χ3n) is 7.35. The monoisotopic (exact) mass is 536 g/mol. The number of carbonyl (C=O) groups is 1. The van der Waals surface area contributed by atoms with Crippen molar-refractivity contribution in [2.75, 3.05) is 48.2 Å². The summed E-state index contributed by atoms with van der Waals surface area (Å²) in [4.78, 5) is 16.9. The highest BCUT2D eigenvalue weighted by Gasteiger charge is 2.35. The second-order valence-corrected chi connectivity index (χ2v) is 9.80. The molecule has 2 aromatic carbocycles. The zero-order valence-electron chi connectivity index (χ0n) is 21.5. The first-order valence-corrected chi connectivity index (χ1v) is 13.0. The van der Waals surface area contributed by atoms with Gasteiger partial charge in [0, 0.05) is 43.6 Å². The molecule has 0 unspecified atom stereocenters. The van der Waals surface area contributed by atoms with E-state index in [2.05, 4.69) is 29.3 Å². The van der Waals surface area contributed by atoms with Gasteiger partial charge in [0.2, 0.25) is 5.91 Å². The lowest BCUT2D eigenvalue weighted by atomic mass is 9.92.